The van der Waals surface area contributed by atoms with Crippen molar-refractivity contribution in [3.8, 4) is 0 Å². The highest BCUT2D eigenvalue weighted by Crippen LogP contribution is 2.35. The minimum Gasteiger partial charge on any atom is -0.325 e. The molecule has 0 saturated heterocycles. The van der Waals surface area contributed by atoms with Crippen molar-refractivity contribution in [3.63, 3.8) is 0 Å². The van der Waals surface area contributed by atoms with Gasteiger partial charge < -0.3 is 5.73 Å². The molecule has 0 spiro atoms. The molecule has 0 radical (unpaired) electrons. The molecule has 0 bridgehead atoms. The summed E-state index contributed by atoms with van der Waals surface area (Å²) in [5, 5.41) is 11.4. The van der Waals surface area contributed by atoms with Crippen molar-refractivity contribution in [3.05, 3.63) is 38.9 Å². The molecule has 1 fully saturated rings. The number of nitro benzene ring substituents is 1. The van der Waals surface area contributed by atoms with E-state index in [4.69, 9.17) is 17.3 Å². The molecule has 1 aliphatic rings. The van der Waals surface area contributed by atoms with Gasteiger partial charge in [-0.1, -0.05) is 30.5 Å². The number of nitrogens with zero attached hydrogens (tertiary/aromatic N) is 1. The van der Waals surface area contributed by atoms with Crippen LogP contribution in [0.2, 0.25) is 5.02 Å². The second-order valence-corrected chi connectivity index (χ2v) is 5.15. The van der Waals surface area contributed by atoms with Crippen LogP contribution in [-0.2, 0) is 6.42 Å². The first-order valence-corrected chi connectivity index (χ1v) is 6.10. The minimum absolute atomic E-state index is 0.0780. The maximum absolute atomic E-state index is 11.0. The lowest BCUT2D eigenvalue weighted by Crippen LogP contribution is -2.39. The summed E-state index contributed by atoms with van der Waals surface area (Å²) < 4.78 is 0. The molecule has 92 valence electrons. The monoisotopic (exact) mass is 254 g/mol. The van der Waals surface area contributed by atoms with Gasteiger partial charge in [0.2, 0.25) is 0 Å². The largest absolute Gasteiger partial charge is 0.325 e. The highest BCUT2D eigenvalue weighted by atomic mass is 35.5. The lowest BCUT2D eigenvalue weighted by molar-refractivity contribution is -0.385. The summed E-state index contributed by atoms with van der Waals surface area (Å²) in [6.45, 7) is 0. The van der Waals surface area contributed by atoms with Crippen LogP contribution in [0.4, 0.5) is 5.69 Å². The zero-order valence-corrected chi connectivity index (χ0v) is 10.2. The van der Waals surface area contributed by atoms with Crippen LogP contribution in [-0.4, -0.2) is 10.5 Å². The highest BCUT2D eigenvalue weighted by molar-refractivity contribution is 6.31. The van der Waals surface area contributed by atoms with Crippen LogP contribution in [0.3, 0.4) is 0 Å². The Hall–Kier alpha value is -1.13. The second kappa shape index (κ2) is 4.63. The quantitative estimate of drug-likeness (QED) is 0.666. The molecule has 0 aromatic heterocycles. The Balaban J connectivity index is 2.34. The van der Waals surface area contributed by atoms with Crippen LogP contribution in [0.5, 0.6) is 0 Å². The fourth-order valence-electron chi connectivity index (χ4n) is 2.50. The van der Waals surface area contributed by atoms with Gasteiger partial charge in [0, 0.05) is 11.6 Å². The number of benzene rings is 1. The Labute approximate surface area is 105 Å². The first-order valence-electron chi connectivity index (χ1n) is 5.72. The smallest absolute Gasteiger partial charge is 0.274 e. The van der Waals surface area contributed by atoms with Gasteiger partial charge in [-0.2, -0.15) is 0 Å². The number of nitrogens with two attached hydrogens (primary N) is 1. The van der Waals surface area contributed by atoms with E-state index in [9.17, 15) is 10.1 Å². The third-order valence-corrected chi connectivity index (χ3v) is 3.77. The van der Waals surface area contributed by atoms with E-state index in [-0.39, 0.29) is 16.1 Å². The van der Waals surface area contributed by atoms with Gasteiger partial charge in [0.25, 0.3) is 5.69 Å². The number of nitro groups is 1. The molecule has 0 aliphatic heterocycles. The molecule has 0 atom stereocenters. The molecular weight excluding hydrogens is 240 g/mol. The predicted molar refractivity (Wildman–Crippen MR) is 67.2 cm³/mol. The molecule has 17 heavy (non-hydrogen) atoms. The lowest BCUT2D eigenvalue weighted by atomic mass is 9.89. The average Bonchev–Trinajstić information content (AvgIpc) is 2.68. The Morgan fingerprint density at radius 2 is 2.06 bits per heavy atom. The second-order valence-electron chi connectivity index (χ2n) is 4.74. The van der Waals surface area contributed by atoms with Gasteiger partial charge in [-0.05, 0) is 25.3 Å². The summed E-state index contributed by atoms with van der Waals surface area (Å²) >= 11 is 6.05. The first kappa shape index (κ1) is 12.3. The zero-order valence-electron chi connectivity index (χ0n) is 9.49. The van der Waals surface area contributed by atoms with Crippen molar-refractivity contribution in [1.82, 2.24) is 0 Å². The molecule has 1 aromatic rings. The fraction of sp³-hybridized carbons (Fsp3) is 0.500. The molecule has 0 unspecified atom stereocenters. The molecular formula is C12H15ClN2O2. The van der Waals surface area contributed by atoms with E-state index in [0.717, 1.165) is 25.7 Å². The predicted octanol–water partition coefficient (Wildman–Crippen LogP) is 3.06. The third kappa shape index (κ3) is 2.58. The Morgan fingerprint density at radius 1 is 1.41 bits per heavy atom. The molecule has 5 heteroatoms. The number of hydrogen-bond donors (Lipinski definition) is 1. The summed E-state index contributed by atoms with van der Waals surface area (Å²) in [4.78, 5) is 10.6. The standard InChI is InChI=1S/C12H15ClN2O2/c13-10-4-3-5-11(15(16)17)9(10)8-12(14)6-1-2-7-12/h3-5H,1-2,6-8,14H2. The molecule has 2 N–H and O–H groups in total. The molecule has 1 aliphatic carbocycles. The van der Waals surface area contributed by atoms with Crippen LogP contribution >= 0.6 is 11.6 Å². The van der Waals surface area contributed by atoms with Gasteiger partial charge in [0.1, 0.15) is 0 Å². The number of rotatable bonds is 3. The Kier molecular flexibility index (Phi) is 3.35. The van der Waals surface area contributed by atoms with Crippen LogP contribution < -0.4 is 5.73 Å². The highest BCUT2D eigenvalue weighted by Gasteiger charge is 2.32. The maximum atomic E-state index is 11.0. The fourth-order valence-corrected chi connectivity index (χ4v) is 2.74. The van der Waals surface area contributed by atoms with E-state index >= 15 is 0 Å². The maximum Gasteiger partial charge on any atom is 0.274 e. The SMILES string of the molecule is NC1(Cc2c(Cl)cccc2[N+](=O)[O-])CCCC1. The van der Waals surface area contributed by atoms with Gasteiger partial charge in [0.05, 0.1) is 15.5 Å². The van der Waals surface area contributed by atoms with Crippen LogP contribution in [0.25, 0.3) is 0 Å². The molecule has 0 amide bonds. The van der Waals surface area contributed by atoms with Gasteiger partial charge in [-0.25, -0.2) is 0 Å². The Bertz CT molecular complexity index is 442. The Morgan fingerprint density at radius 3 is 2.65 bits per heavy atom. The van der Waals surface area contributed by atoms with E-state index in [0.29, 0.717) is 17.0 Å². The van der Waals surface area contributed by atoms with E-state index in [1.165, 1.54) is 6.07 Å². The summed E-state index contributed by atoms with van der Waals surface area (Å²) in [7, 11) is 0. The summed E-state index contributed by atoms with van der Waals surface area (Å²) in [5.41, 5.74) is 6.57. The van der Waals surface area contributed by atoms with Crippen molar-refractivity contribution in [2.24, 2.45) is 5.73 Å². The van der Waals surface area contributed by atoms with Crippen LogP contribution in [0, 0.1) is 10.1 Å². The number of hydrogen-bond acceptors (Lipinski definition) is 3. The van der Waals surface area contributed by atoms with Crippen LogP contribution in [0.1, 0.15) is 31.2 Å². The molecule has 4 nitrogen and oxygen atoms in total. The molecule has 0 heterocycles. The lowest BCUT2D eigenvalue weighted by Gasteiger charge is -2.23. The number of halogens is 1. The third-order valence-electron chi connectivity index (χ3n) is 3.42. The zero-order chi connectivity index (χ0) is 12.5. The van der Waals surface area contributed by atoms with Gasteiger partial charge >= 0.3 is 0 Å². The summed E-state index contributed by atoms with van der Waals surface area (Å²) in [6, 6.07) is 4.77. The molecule has 1 saturated carbocycles. The average molecular weight is 255 g/mol. The van der Waals surface area contributed by atoms with Gasteiger partial charge in [-0.3, -0.25) is 10.1 Å². The van der Waals surface area contributed by atoms with Crippen LogP contribution in [0.15, 0.2) is 18.2 Å². The van der Waals surface area contributed by atoms with Crippen molar-refractivity contribution < 1.29 is 4.92 Å². The normalized spacial score (nSPS) is 18.2. The van der Waals surface area contributed by atoms with Gasteiger partial charge in [0.15, 0.2) is 0 Å². The minimum atomic E-state index is -0.389. The molecule has 1 aromatic carbocycles. The molecule has 2 rings (SSSR count). The first-order chi connectivity index (χ1) is 8.02. The topological polar surface area (TPSA) is 69.2 Å². The summed E-state index contributed by atoms with van der Waals surface area (Å²) in [6.07, 6.45) is 4.50. The van der Waals surface area contributed by atoms with E-state index in [1.54, 1.807) is 12.1 Å². The van der Waals surface area contributed by atoms with Crippen molar-refractivity contribution >= 4 is 17.3 Å². The summed E-state index contributed by atoms with van der Waals surface area (Å²) in [5.74, 6) is 0. The van der Waals surface area contributed by atoms with Crippen molar-refractivity contribution in [2.45, 2.75) is 37.6 Å². The van der Waals surface area contributed by atoms with Gasteiger partial charge in [-0.15, -0.1) is 0 Å². The van der Waals surface area contributed by atoms with E-state index in [1.807, 2.05) is 0 Å². The van der Waals surface area contributed by atoms with E-state index in [2.05, 4.69) is 0 Å². The van der Waals surface area contributed by atoms with E-state index < -0.39 is 0 Å². The van der Waals surface area contributed by atoms with Crippen molar-refractivity contribution in [2.75, 3.05) is 0 Å². The van der Waals surface area contributed by atoms with Crippen molar-refractivity contribution in [1.29, 1.82) is 0 Å².